The molecule has 0 radical (unpaired) electrons. The molecule has 1 atom stereocenters. The number of nitrogens with zero attached hydrogens (tertiary/aromatic N) is 3. The van der Waals surface area contributed by atoms with Crippen molar-refractivity contribution in [1.82, 2.24) is 9.78 Å². The van der Waals surface area contributed by atoms with E-state index in [9.17, 15) is 26.7 Å². The van der Waals surface area contributed by atoms with Gasteiger partial charge in [0, 0.05) is 25.0 Å². The third-order valence-corrected chi connectivity index (χ3v) is 5.17. The van der Waals surface area contributed by atoms with Gasteiger partial charge in [0.2, 0.25) is 5.92 Å². The Hall–Kier alpha value is -1.80. The molecule has 1 saturated carbocycles. The summed E-state index contributed by atoms with van der Waals surface area (Å²) in [7, 11) is 0. The van der Waals surface area contributed by atoms with E-state index in [1.807, 2.05) is 0 Å². The second-order valence-corrected chi connectivity index (χ2v) is 7.04. The van der Waals surface area contributed by atoms with Gasteiger partial charge in [-0.05, 0) is 25.7 Å². The Kier molecular flexibility index (Phi) is 4.92. The molecule has 0 saturated heterocycles. The van der Waals surface area contributed by atoms with Crippen LogP contribution >= 0.6 is 0 Å². The highest BCUT2D eigenvalue weighted by Gasteiger charge is 2.40. The number of fused-ring (bicyclic) bond motifs is 1. The molecule has 144 valence electrons. The molecular weight excluding hydrogens is 357 g/mol. The molecule has 1 unspecified atom stereocenters. The molecule has 2 heterocycles. The molecule has 1 aliphatic carbocycles. The van der Waals surface area contributed by atoms with Crippen molar-refractivity contribution in [3.05, 3.63) is 11.8 Å². The Labute approximate surface area is 147 Å². The molecule has 0 N–H and O–H groups in total. The standard InChI is InChI=1S/C17H20F5N3O/c1-2-10(17(20,21)22)7-11-8-14(26)13-9-23-25(15(13)24-11)12-3-5-16(18,19)6-4-12/h9-10,12H,2-8H2,1H3. The minimum absolute atomic E-state index is 0.0967. The fourth-order valence-corrected chi connectivity index (χ4v) is 3.56. The molecule has 4 nitrogen and oxygen atoms in total. The van der Waals surface area contributed by atoms with E-state index in [0.29, 0.717) is 0 Å². The van der Waals surface area contributed by atoms with E-state index in [0.717, 1.165) is 0 Å². The van der Waals surface area contributed by atoms with Gasteiger partial charge in [-0.3, -0.25) is 4.79 Å². The molecular formula is C17H20F5N3O. The molecule has 1 aromatic rings. The van der Waals surface area contributed by atoms with E-state index in [4.69, 9.17) is 0 Å². The van der Waals surface area contributed by atoms with Gasteiger partial charge < -0.3 is 0 Å². The highest BCUT2D eigenvalue weighted by molar-refractivity contribution is 6.15. The summed E-state index contributed by atoms with van der Waals surface area (Å²) in [6.07, 6.45) is -3.76. The largest absolute Gasteiger partial charge is 0.392 e. The number of aliphatic imine (C=N–C) groups is 1. The summed E-state index contributed by atoms with van der Waals surface area (Å²) in [5, 5.41) is 4.12. The number of Topliss-reactive ketones (excluding diaryl/α,β-unsaturated/α-hetero) is 1. The molecule has 0 amide bonds. The highest BCUT2D eigenvalue weighted by atomic mass is 19.4. The molecule has 0 spiro atoms. The summed E-state index contributed by atoms with van der Waals surface area (Å²) < 4.78 is 67.2. The third-order valence-electron chi connectivity index (χ3n) is 5.17. The minimum Gasteiger partial charge on any atom is -0.294 e. The number of aromatic nitrogens is 2. The smallest absolute Gasteiger partial charge is 0.294 e. The van der Waals surface area contributed by atoms with Gasteiger partial charge in [0.05, 0.1) is 23.7 Å². The SMILES string of the molecule is CCC(CC1=Nc2c(cnn2C2CCC(F)(F)CC2)C(=O)C1)C(F)(F)F. The quantitative estimate of drug-likeness (QED) is 0.671. The molecule has 26 heavy (non-hydrogen) atoms. The number of alkyl halides is 5. The Balaban J connectivity index is 1.85. The summed E-state index contributed by atoms with van der Waals surface area (Å²) >= 11 is 0. The van der Waals surface area contributed by atoms with Crippen LogP contribution in [-0.2, 0) is 0 Å². The third kappa shape index (κ3) is 3.81. The maximum atomic E-state index is 13.4. The molecule has 0 bridgehead atoms. The van der Waals surface area contributed by atoms with Crippen LogP contribution in [0.2, 0.25) is 0 Å². The number of carbonyl (C=O) groups is 1. The average molecular weight is 377 g/mol. The lowest BCUT2D eigenvalue weighted by Crippen LogP contribution is -2.28. The van der Waals surface area contributed by atoms with Gasteiger partial charge in [0.25, 0.3) is 0 Å². The van der Waals surface area contributed by atoms with Crippen LogP contribution in [0.25, 0.3) is 0 Å². The molecule has 1 fully saturated rings. The second kappa shape index (κ2) is 6.74. The zero-order valence-electron chi connectivity index (χ0n) is 14.3. The monoisotopic (exact) mass is 377 g/mol. The van der Waals surface area contributed by atoms with E-state index in [2.05, 4.69) is 10.1 Å². The predicted octanol–water partition coefficient (Wildman–Crippen LogP) is 5.27. The van der Waals surface area contributed by atoms with Crippen molar-refractivity contribution in [1.29, 1.82) is 0 Å². The predicted molar refractivity (Wildman–Crippen MR) is 85.2 cm³/mol. The van der Waals surface area contributed by atoms with Crippen molar-refractivity contribution >= 4 is 17.3 Å². The first-order chi connectivity index (χ1) is 12.1. The lowest BCUT2D eigenvalue weighted by atomic mass is 9.91. The summed E-state index contributed by atoms with van der Waals surface area (Å²) in [6.45, 7) is 1.45. The topological polar surface area (TPSA) is 47.2 Å². The molecule has 0 aromatic carbocycles. The maximum Gasteiger partial charge on any atom is 0.392 e. The Morgan fingerprint density at radius 3 is 2.54 bits per heavy atom. The lowest BCUT2D eigenvalue weighted by Gasteiger charge is -2.29. The fraction of sp³-hybridized carbons (Fsp3) is 0.706. The van der Waals surface area contributed by atoms with Gasteiger partial charge in [-0.1, -0.05) is 6.92 Å². The molecule has 9 heteroatoms. The van der Waals surface area contributed by atoms with Gasteiger partial charge in [-0.25, -0.2) is 18.5 Å². The number of carbonyl (C=O) groups excluding carboxylic acids is 1. The van der Waals surface area contributed by atoms with Crippen molar-refractivity contribution in [2.24, 2.45) is 10.9 Å². The summed E-state index contributed by atoms with van der Waals surface area (Å²) in [4.78, 5) is 16.6. The Bertz CT molecular complexity index is 712. The van der Waals surface area contributed by atoms with Crippen LogP contribution in [-0.4, -0.2) is 33.4 Å². The van der Waals surface area contributed by atoms with Crippen LogP contribution in [0.3, 0.4) is 0 Å². The first-order valence-corrected chi connectivity index (χ1v) is 8.72. The van der Waals surface area contributed by atoms with Crippen LogP contribution in [0.5, 0.6) is 0 Å². The van der Waals surface area contributed by atoms with Crippen molar-refractivity contribution in [3.8, 4) is 0 Å². The van der Waals surface area contributed by atoms with Crippen molar-refractivity contribution in [2.75, 3.05) is 0 Å². The van der Waals surface area contributed by atoms with Crippen LogP contribution in [0.15, 0.2) is 11.2 Å². The average Bonchev–Trinajstić information content (AvgIpc) is 2.96. The second-order valence-electron chi connectivity index (χ2n) is 7.04. The van der Waals surface area contributed by atoms with E-state index in [1.165, 1.54) is 17.8 Å². The fourth-order valence-electron chi connectivity index (χ4n) is 3.56. The highest BCUT2D eigenvalue weighted by Crippen LogP contribution is 2.41. The lowest BCUT2D eigenvalue weighted by molar-refractivity contribution is -0.173. The van der Waals surface area contributed by atoms with Crippen LogP contribution in [0, 0.1) is 5.92 Å². The molecule has 2 aliphatic rings. The summed E-state index contributed by atoms with van der Waals surface area (Å²) in [6, 6.07) is -0.320. The zero-order valence-corrected chi connectivity index (χ0v) is 14.3. The van der Waals surface area contributed by atoms with Gasteiger partial charge >= 0.3 is 6.18 Å². The van der Waals surface area contributed by atoms with Crippen LogP contribution < -0.4 is 0 Å². The number of rotatable bonds is 4. The maximum absolute atomic E-state index is 13.4. The van der Waals surface area contributed by atoms with Gasteiger partial charge in [0.1, 0.15) is 0 Å². The number of halogens is 5. The first kappa shape index (κ1) is 19.0. The van der Waals surface area contributed by atoms with Gasteiger partial charge in [-0.15, -0.1) is 0 Å². The van der Waals surface area contributed by atoms with E-state index in [1.54, 1.807) is 0 Å². The number of ketones is 1. The Morgan fingerprint density at radius 2 is 1.96 bits per heavy atom. The normalized spacial score (nSPS) is 22.1. The zero-order chi connectivity index (χ0) is 19.1. The summed E-state index contributed by atoms with van der Waals surface area (Å²) in [5.41, 5.74) is 0.431. The number of hydrogen-bond donors (Lipinski definition) is 0. The van der Waals surface area contributed by atoms with Crippen LogP contribution in [0.1, 0.15) is 68.3 Å². The number of hydrogen-bond acceptors (Lipinski definition) is 3. The molecule has 3 rings (SSSR count). The van der Waals surface area contributed by atoms with Crippen molar-refractivity contribution < 1.29 is 26.7 Å². The van der Waals surface area contributed by atoms with E-state index < -0.39 is 18.0 Å². The molecule has 1 aromatic heterocycles. The Morgan fingerprint density at radius 1 is 1.31 bits per heavy atom. The van der Waals surface area contributed by atoms with E-state index >= 15 is 0 Å². The van der Waals surface area contributed by atoms with Crippen LogP contribution in [0.4, 0.5) is 27.8 Å². The summed E-state index contributed by atoms with van der Waals surface area (Å²) in [5.74, 6) is -4.37. The van der Waals surface area contributed by atoms with Gasteiger partial charge in [-0.2, -0.15) is 18.3 Å². The van der Waals surface area contributed by atoms with E-state index in [-0.39, 0.29) is 73.9 Å². The minimum atomic E-state index is -4.35. The van der Waals surface area contributed by atoms with Crippen molar-refractivity contribution in [2.45, 2.75) is 70.0 Å². The van der Waals surface area contributed by atoms with Crippen molar-refractivity contribution in [3.63, 3.8) is 0 Å². The first-order valence-electron chi connectivity index (χ1n) is 8.72. The van der Waals surface area contributed by atoms with Gasteiger partial charge in [0.15, 0.2) is 11.6 Å². The molecule has 1 aliphatic heterocycles.